The summed E-state index contributed by atoms with van der Waals surface area (Å²) in [6.45, 7) is 9.19. The first-order chi connectivity index (χ1) is 8.58. The van der Waals surface area contributed by atoms with Gasteiger partial charge in [-0.2, -0.15) is 0 Å². The average molecular weight is 249 g/mol. The Morgan fingerprint density at radius 2 is 1.67 bits per heavy atom. The Balaban J connectivity index is 2.45. The third-order valence-electron chi connectivity index (χ3n) is 3.80. The summed E-state index contributed by atoms with van der Waals surface area (Å²) in [5, 5.41) is 13.5. The molecule has 0 saturated carbocycles. The van der Waals surface area contributed by atoms with Gasteiger partial charge in [-0.15, -0.1) is 0 Å². The molecule has 102 valence electrons. The van der Waals surface area contributed by atoms with Gasteiger partial charge in [0.1, 0.15) is 0 Å². The quantitative estimate of drug-likeness (QED) is 0.776. The standard InChI is InChI=1S/C16H27NO/c1-5-14(6-2)16(18)11-17-13(4)15-9-7-12(3)8-10-15/h7-10,13-14,16-18H,5-6,11H2,1-4H3. The molecule has 2 heteroatoms. The maximum absolute atomic E-state index is 10.1. The van der Waals surface area contributed by atoms with Gasteiger partial charge >= 0.3 is 0 Å². The largest absolute Gasteiger partial charge is 0.392 e. The van der Waals surface area contributed by atoms with Crippen LogP contribution in [0.3, 0.4) is 0 Å². The maximum atomic E-state index is 10.1. The summed E-state index contributed by atoms with van der Waals surface area (Å²) in [5.74, 6) is 0.405. The topological polar surface area (TPSA) is 32.3 Å². The number of hydrogen-bond donors (Lipinski definition) is 2. The molecule has 2 nitrogen and oxygen atoms in total. The van der Waals surface area contributed by atoms with E-state index in [4.69, 9.17) is 0 Å². The van der Waals surface area contributed by atoms with Crippen LogP contribution in [-0.2, 0) is 0 Å². The summed E-state index contributed by atoms with van der Waals surface area (Å²) in [4.78, 5) is 0. The van der Waals surface area contributed by atoms with Gasteiger partial charge in [-0.1, -0.05) is 56.5 Å². The van der Waals surface area contributed by atoms with E-state index in [1.54, 1.807) is 0 Å². The van der Waals surface area contributed by atoms with Crippen LogP contribution in [0.5, 0.6) is 0 Å². The number of aryl methyl sites for hydroxylation is 1. The van der Waals surface area contributed by atoms with Gasteiger partial charge in [0.2, 0.25) is 0 Å². The molecule has 2 unspecified atom stereocenters. The van der Waals surface area contributed by atoms with E-state index in [1.165, 1.54) is 11.1 Å². The number of benzene rings is 1. The fourth-order valence-corrected chi connectivity index (χ4v) is 2.27. The Morgan fingerprint density at radius 1 is 1.11 bits per heavy atom. The van der Waals surface area contributed by atoms with E-state index in [0.29, 0.717) is 12.5 Å². The second-order valence-electron chi connectivity index (χ2n) is 5.18. The molecule has 2 atom stereocenters. The summed E-state index contributed by atoms with van der Waals surface area (Å²) < 4.78 is 0. The van der Waals surface area contributed by atoms with Gasteiger partial charge in [0.05, 0.1) is 6.10 Å². The van der Waals surface area contributed by atoms with Crippen molar-refractivity contribution in [1.29, 1.82) is 0 Å². The highest BCUT2D eigenvalue weighted by Crippen LogP contribution is 2.16. The average Bonchev–Trinajstić information content (AvgIpc) is 2.38. The molecule has 0 heterocycles. The highest BCUT2D eigenvalue weighted by atomic mass is 16.3. The zero-order chi connectivity index (χ0) is 13.5. The number of aliphatic hydroxyl groups is 1. The van der Waals surface area contributed by atoms with Gasteiger partial charge in [0, 0.05) is 12.6 Å². The zero-order valence-electron chi connectivity index (χ0n) is 12.1. The lowest BCUT2D eigenvalue weighted by Crippen LogP contribution is -2.33. The Hall–Kier alpha value is -0.860. The first kappa shape index (κ1) is 15.2. The second-order valence-corrected chi connectivity index (χ2v) is 5.18. The van der Waals surface area contributed by atoms with Gasteiger partial charge in [-0.3, -0.25) is 0 Å². The first-order valence-corrected chi connectivity index (χ1v) is 7.06. The van der Waals surface area contributed by atoms with Crippen molar-refractivity contribution < 1.29 is 5.11 Å². The Kier molecular flexibility index (Phi) is 6.37. The Bertz CT molecular complexity index is 329. The first-order valence-electron chi connectivity index (χ1n) is 7.06. The summed E-state index contributed by atoms with van der Waals surface area (Å²) in [6, 6.07) is 8.84. The highest BCUT2D eigenvalue weighted by molar-refractivity contribution is 5.23. The monoisotopic (exact) mass is 249 g/mol. The van der Waals surface area contributed by atoms with Gasteiger partial charge in [-0.25, -0.2) is 0 Å². The molecule has 0 spiro atoms. The van der Waals surface area contributed by atoms with Crippen LogP contribution in [0.15, 0.2) is 24.3 Å². The molecule has 0 aliphatic heterocycles. The van der Waals surface area contributed by atoms with Crippen molar-refractivity contribution in [2.24, 2.45) is 5.92 Å². The fraction of sp³-hybridized carbons (Fsp3) is 0.625. The van der Waals surface area contributed by atoms with Crippen LogP contribution in [0, 0.1) is 12.8 Å². The second kappa shape index (κ2) is 7.55. The Labute approximate surface area is 111 Å². The van der Waals surface area contributed by atoms with Crippen molar-refractivity contribution in [3.63, 3.8) is 0 Å². The van der Waals surface area contributed by atoms with E-state index in [1.807, 2.05) is 0 Å². The van der Waals surface area contributed by atoms with Gasteiger partial charge in [0.25, 0.3) is 0 Å². The van der Waals surface area contributed by atoms with E-state index in [-0.39, 0.29) is 12.1 Å². The molecular weight excluding hydrogens is 222 g/mol. The van der Waals surface area contributed by atoms with Crippen LogP contribution in [0.25, 0.3) is 0 Å². The van der Waals surface area contributed by atoms with Crippen LogP contribution < -0.4 is 5.32 Å². The van der Waals surface area contributed by atoms with Crippen molar-refractivity contribution >= 4 is 0 Å². The molecule has 0 radical (unpaired) electrons. The summed E-state index contributed by atoms with van der Waals surface area (Å²) in [6.07, 6.45) is 1.84. The molecule has 0 saturated heterocycles. The molecule has 0 aliphatic carbocycles. The molecule has 0 aromatic heterocycles. The van der Waals surface area contributed by atoms with Crippen LogP contribution >= 0.6 is 0 Å². The smallest absolute Gasteiger partial charge is 0.0692 e. The van der Waals surface area contributed by atoms with E-state index in [2.05, 4.69) is 57.3 Å². The lowest BCUT2D eigenvalue weighted by atomic mass is 9.96. The highest BCUT2D eigenvalue weighted by Gasteiger charge is 2.16. The predicted molar refractivity (Wildman–Crippen MR) is 77.7 cm³/mol. The van der Waals surface area contributed by atoms with Crippen LogP contribution in [0.2, 0.25) is 0 Å². The normalized spacial score (nSPS) is 14.8. The third-order valence-corrected chi connectivity index (χ3v) is 3.80. The predicted octanol–water partition coefficient (Wildman–Crippen LogP) is 3.44. The number of rotatable bonds is 7. The van der Waals surface area contributed by atoms with Crippen molar-refractivity contribution in [2.75, 3.05) is 6.54 Å². The molecule has 2 N–H and O–H groups in total. The Morgan fingerprint density at radius 3 is 2.17 bits per heavy atom. The van der Waals surface area contributed by atoms with E-state index >= 15 is 0 Å². The molecular formula is C16H27NO. The molecule has 0 aliphatic rings. The molecule has 18 heavy (non-hydrogen) atoms. The SMILES string of the molecule is CCC(CC)C(O)CNC(C)c1ccc(C)cc1. The van der Waals surface area contributed by atoms with Crippen molar-refractivity contribution in [3.05, 3.63) is 35.4 Å². The number of nitrogens with one attached hydrogen (secondary N) is 1. The van der Waals surface area contributed by atoms with Gasteiger partial charge in [0.15, 0.2) is 0 Å². The molecule has 0 bridgehead atoms. The van der Waals surface area contributed by atoms with Crippen LogP contribution in [0.1, 0.15) is 50.8 Å². The minimum absolute atomic E-state index is 0.243. The minimum Gasteiger partial charge on any atom is -0.392 e. The minimum atomic E-state index is -0.243. The molecule has 1 aromatic carbocycles. The molecule has 1 rings (SSSR count). The summed E-state index contributed by atoms with van der Waals surface area (Å²) >= 11 is 0. The van der Waals surface area contributed by atoms with Crippen molar-refractivity contribution in [1.82, 2.24) is 5.32 Å². The molecule has 0 amide bonds. The van der Waals surface area contributed by atoms with Crippen molar-refractivity contribution in [2.45, 2.75) is 52.7 Å². The maximum Gasteiger partial charge on any atom is 0.0692 e. The number of aliphatic hydroxyl groups excluding tert-OH is 1. The van der Waals surface area contributed by atoms with E-state index in [0.717, 1.165) is 12.8 Å². The molecule has 0 fully saturated rings. The lowest BCUT2D eigenvalue weighted by Gasteiger charge is -2.23. The summed E-state index contributed by atoms with van der Waals surface area (Å²) in [7, 11) is 0. The van der Waals surface area contributed by atoms with Crippen LogP contribution in [0.4, 0.5) is 0 Å². The fourth-order valence-electron chi connectivity index (χ4n) is 2.27. The third kappa shape index (κ3) is 4.43. The summed E-state index contributed by atoms with van der Waals surface area (Å²) in [5.41, 5.74) is 2.56. The molecule has 1 aromatic rings. The zero-order valence-corrected chi connectivity index (χ0v) is 12.1. The van der Waals surface area contributed by atoms with Crippen molar-refractivity contribution in [3.8, 4) is 0 Å². The lowest BCUT2D eigenvalue weighted by molar-refractivity contribution is 0.0989. The van der Waals surface area contributed by atoms with E-state index in [9.17, 15) is 5.11 Å². The van der Waals surface area contributed by atoms with Crippen LogP contribution in [-0.4, -0.2) is 17.8 Å². The van der Waals surface area contributed by atoms with E-state index < -0.39 is 0 Å². The number of hydrogen-bond acceptors (Lipinski definition) is 2. The van der Waals surface area contributed by atoms with Gasteiger partial charge in [-0.05, 0) is 25.3 Å². The van der Waals surface area contributed by atoms with Gasteiger partial charge < -0.3 is 10.4 Å².